The highest BCUT2D eigenvalue weighted by Gasteiger charge is 1.98. The van der Waals surface area contributed by atoms with Gasteiger partial charge in [-0.25, -0.2) is 4.98 Å². The van der Waals surface area contributed by atoms with Crippen molar-refractivity contribution < 1.29 is 5.21 Å². The SMILES string of the molecule is CSc1cc(C)n(O)c(=N)n1. The topological polar surface area (TPSA) is 61.9 Å². The Morgan fingerprint density at radius 2 is 2.36 bits per heavy atom. The first kappa shape index (κ1) is 8.13. The third-order valence-corrected chi connectivity index (χ3v) is 1.92. The lowest BCUT2D eigenvalue weighted by molar-refractivity contribution is 0.157. The summed E-state index contributed by atoms with van der Waals surface area (Å²) in [5.74, 6) is 0. The molecule has 0 radical (unpaired) electrons. The van der Waals surface area contributed by atoms with Crippen molar-refractivity contribution in [2.75, 3.05) is 6.26 Å². The molecule has 0 aliphatic heterocycles. The quantitative estimate of drug-likeness (QED) is 0.370. The molecule has 0 unspecified atom stereocenters. The highest BCUT2D eigenvalue weighted by Crippen LogP contribution is 2.08. The molecule has 60 valence electrons. The summed E-state index contributed by atoms with van der Waals surface area (Å²) in [4.78, 5) is 3.79. The maximum atomic E-state index is 9.08. The van der Waals surface area contributed by atoms with Crippen LogP contribution in [0.25, 0.3) is 0 Å². The van der Waals surface area contributed by atoms with Gasteiger partial charge in [0.05, 0.1) is 5.69 Å². The minimum absolute atomic E-state index is 0.130. The normalized spacial score (nSPS) is 10.0. The number of nitrogens with one attached hydrogen (secondary N) is 1. The Labute approximate surface area is 68.4 Å². The number of aryl methyl sites for hydroxylation is 1. The molecule has 0 spiro atoms. The first-order valence-corrected chi connectivity index (χ1v) is 4.26. The molecule has 1 heterocycles. The summed E-state index contributed by atoms with van der Waals surface area (Å²) >= 11 is 1.45. The van der Waals surface area contributed by atoms with E-state index in [9.17, 15) is 0 Å². The van der Waals surface area contributed by atoms with Crippen molar-refractivity contribution in [2.24, 2.45) is 0 Å². The Hall–Kier alpha value is -0.970. The Morgan fingerprint density at radius 1 is 1.73 bits per heavy atom. The van der Waals surface area contributed by atoms with Crippen LogP contribution in [0.1, 0.15) is 5.69 Å². The van der Waals surface area contributed by atoms with Crippen molar-refractivity contribution in [1.29, 1.82) is 5.41 Å². The summed E-state index contributed by atoms with van der Waals surface area (Å²) < 4.78 is 0.750. The molecule has 5 heteroatoms. The predicted molar refractivity (Wildman–Crippen MR) is 41.8 cm³/mol. The van der Waals surface area contributed by atoms with Crippen LogP contribution in [0.5, 0.6) is 0 Å². The summed E-state index contributed by atoms with van der Waals surface area (Å²) in [5.41, 5.74) is 0.490. The minimum Gasteiger partial charge on any atom is -0.425 e. The zero-order valence-corrected chi connectivity index (χ0v) is 7.14. The van der Waals surface area contributed by atoms with E-state index in [-0.39, 0.29) is 5.62 Å². The first-order chi connectivity index (χ1) is 5.15. The van der Waals surface area contributed by atoms with E-state index in [2.05, 4.69) is 4.98 Å². The average Bonchev–Trinajstić information content (AvgIpc) is 1.99. The number of thioether (sulfide) groups is 1. The molecule has 1 rings (SSSR count). The van der Waals surface area contributed by atoms with Crippen LogP contribution < -0.4 is 5.62 Å². The van der Waals surface area contributed by atoms with Crippen molar-refractivity contribution in [1.82, 2.24) is 9.71 Å². The predicted octanol–water partition coefficient (Wildman–Crippen LogP) is 0.630. The summed E-state index contributed by atoms with van der Waals surface area (Å²) in [6.45, 7) is 1.72. The molecular weight excluding hydrogens is 162 g/mol. The van der Waals surface area contributed by atoms with E-state index in [0.717, 1.165) is 9.76 Å². The van der Waals surface area contributed by atoms with Crippen molar-refractivity contribution in [2.45, 2.75) is 11.9 Å². The van der Waals surface area contributed by atoms with Crippen LogP contribution in [0.3, 0.4) is 0 Å². The van der Waals surface area contributed by atoms with Crippen molar-refractivity contribution in [3.05, 3.63) is 17.4 Å². The standard InChI is InChI=1S/C6H9N3OS/c1-4-3-5(11-2)8-6(7)9(4)10/h3,7,10H,1-2H3. The molecule has 0 fully saturated rings. The monoisotopic (exact) mass is 171 g/mol. The van der Waals surface area contributed by atoms with E-state index in [1.54, 1.807) is 13.0 Å². The third kappa shape index (κ3) is 1.54. The van der Waals surface area contributed by atoms with Crippen molar-refractivity contribution in [3.63, 3.8) is 0 Å². The van der Waals surface area contributed by atoms with Crippen LogP contribution in [0.2, 0.25) is 0 Å². The van der Waals surface area contributed by atoms with E-state index in [0.29, 0.717) is 5.69 Å². The van der Waals surface area contributed by atoms with E-state index < -0.39 is 0 Å². The molecule has 4 nitrogen and oxygen atoms in total. The fourth-order valence-corrected chi connectivity index (χ4v) is 1.16. The van der Waals surface area contributed by atoms with Crippen molar-refractivity contribution in [3.8, 4) is 0 Å². The van der Waals surface area contributed by atoms with E-state index >= 15 is 0 Å². The lowest BCUT2D eigenvalue weighted by Crippen LogP contribution is -2.23. The number of hydrogen-bond donors (Lipinski definition) is 2. The number of aromatic nitrogens is 2. The molecule has 0 atom stereocenters. The van der Waals surface area contributed by atoms with Gasteiger partial charge in [-0.2, -0.15) is 4.73 Å². The van der Waals surface area contributed by atoms with Crippen LogP contribution in [0.15, 0.2) is 11.1 Å². The Balaban J connectivity index is 3.32. The zero-order chi connectivity index (χ0) is 8.43. The van der Waals surface area contributed by atoms with Crippen molar-refractivity contribution >= 4 is 11.8 Å². The second-order valence-corrected chi connectivity index (χ2v) is 2.90. The van der Waals surface area contributed by atoms with Crippen LogP contribution in [0.4, 0.5) is 0 Å². The Bertz CT molecular complexity index is 320. The highest BCUT2D eigenvalue weighted by molar-refractivity contribution is 7.98. The minimum atomic E-state index is -0.130. The molecule has 0 saturated carbocycles. The van der Waals surface area contributed by atoms with Crippen LogP contribution >= 0.6 is 11.8 Å². The molecule has 0 saturated heterocycles. The van der Waals surface area contributed by atoms with E-state index in [4.69, 9.17) is 10.6 Å². The molecule has 11 heavy (non-hydrogen) atoms. The van der Waals surface area contributed by atoms with Gasteiger partial charge in [-0.15, -0.1) is 11.8 Å². The van der Waals surface area contributed by atoms with Gasteiger partial charge in [0.25, 0.3) is 5.62 Å². The van der Waals surface area contributed by atoms with E-state index in [1.807, 2.05) is 6.26 Å². The average molecular weight is 171 g/mol. The molecule has 0 aromatic carbocycles. The molecule has 2 N–H and O–H groups in total. The third-order valence-electron chi connectivity index (χ3n) is 1.29. The number of rotatable bonds is 1. The molecule has 1 aromatic rings. The lowest BCUT2D eigenvalue weighted by Gasteiger charge is -2.02. The number of nitrogens with zero attached hydrogens (tertiary/aromatic N) is 2. The van der Waals surface area contributed by atoms with Gasteiger partial charge in [0.2, 0.25) is 0 Å². The van der Waals surface area contributed by atoms with Crippen LogP contribution in [-0.4, -0.2) is 21.2 Å². The Morgan fingerprint density at radius 3 is 2.82 bits per heavy atom. The second-order valence-electron chi connectivity index (χ2n) is 2.08. The fourth-order valence-electron chi connectivity index (χ4n) is 0.695. The maximum Gasteiger partial charge on any atom is 0.256 e. The van der Waals surface area contributed by atoms with Gasteiger partial charge in [-0.1, -0.05) is 0 Å². The molecular formula is C6H9N3OS. The first-order valence-electron chi connectivity index (χ1n) is 3.03. The summed E-state index contributed by atoms with van der Waals surface area (Å²) in [6, 6.07) is 1.72. The molecule has 1 aromatic heterocycles. The summed E-state index contributed by atoms with van der Waals surface area (Å²) in [5, 5.41) is 17.0. The zero-order valence-electron chi connectivity index (χ0n) is 6.33. The van der Waals surface area contributed by atoms with Gasteiger partial charge >= 0.3 is 0 Å². The second kappa shape index (κ2) is 2.96. The van der Waals surface area contributed by atoms with Gasteiger partial charge in [-0.3, -0.25) is 5.41 Å². The van der Waals surface area contributed by atoms with Gasteiger partial charge in [-0.05, 0) is 19.2 Å². The van der Waals surface area contributed by atoms with Gasteiger partial charge in [0.1, 0.15) is 5.03 Å². The maximum absolute atomic E-state index is 9.08. The van der Waals surface area contributed by atoms with Gasteiger partial charge < -0.3 is 5.21 Å². The molecule has 0 bridgehead atoms. The van der Waals surface area contributed by atoms with E-state index in [1.165, 1.54) is 11.8 Å². The highest BCUT2D eigenvalue weighted by atomic mass is 32.2. The van der Waals surface area contributed by atoms with Gasteiger partial charge in [0.15, 0.2) is 0 Å². The molecule has 0 amide bonds. The fraction of sp³-hybridized carbons (Fsp3) is 0.333. The van der Waals surface area contributed by atoms with Crippen LogP contribution in [-0.2, 0) is 0 Å². The molecule has 0 aliphatic rings. The lowest BCUT2D eigenvalue weighted by atomic mass is 10.5. The summed E-state index contributed by atoms with van der Waals surface area (Å²) in [6.07, 6.45) is 1.88. The summed E-state index contributed by atoms with van der Waals surface area (Å²) in [7, 11) is 0. The number of hydrogen-bond acceptors (Lipinski definition) is 4. The molecule has 0 aliphatic carbocycles. The Kier molecular flexibility index (Phi) is 2.19. The smallest absolute Gasteiger partial charge is 0.256 e. The van der Waals surface area contributed by atoms with Gasteiger partial charge in [0, 0.05) is 0 Å². The largest absolute Gasteiger partial charge is 0.425 e. The van der Waals surface area contributed by atoms with Crippen LogP contribution in [0, 0.1) is 12.3 Å².